The number of nitrogens with one attached hydrogen (secondary N) is 1. The third-order valence-electron chi connectivity index (χ3n) is 3.45. The van der Waals surface area contributed by atoms with Crippen LogP contribution in [0.25, 0.3) is 0 Å². The van der Waals surface area contributed by atoms with E-state index in [0.29, 0.717) is 0 Å². The summed E-state index contributed by atoms with van der Waals surface area (Å²) in [7, 11) is 4.07. The minimum atomic E-state index is -0.438. The van der Waals surface area contributed by atoms with E-state index >= 15 is 0 Å². The first-order chi connectivity index (χ1) is 7.57. The molecular weight excluding hydrogens is 202 g/mol. The fourth-order valence-electron chi connectivity index (χ4n) is 2.36. The third kappa shape index (κ3) is 3.76. The van der Waals surface area contributed by atoms with Gasteiger partial charge in [0.25, 0.3) is 0 Å². The highest BCUT2D eigenvalue weighted by Gasteiger charge is 2.35. The average molecular weight is 227 g/mol. The Hall–Kier alpha value is -0.610. The molecule has 0 heterocycles. The van der Waals surface area contributed by atoms with Crippen LogP contribution in [-0.4, -0.2) is 43.5 Å². The zero-order chi connectivity index (χ0) is 12.0. The summed E-state index contributed by atoms with van der Waals surface area (Å²) >= 11 is 0. The lowest BCUT2D eigenvalue weighted by Crippen LogP contribution is -2.56. The Morgan fingerprint density at radius 1 is 1.25 bits per heavy atom. The Labute approximate surface area is 98.6 Å². The third-order valence-corrected chi connectivity index (χ3v) is 3.45. The van der Waals surface area contributed by atoms with Gasteiger partial charge in [-0.25, -0.2) is 0 Å². The Bertz CT molecular complexity index is 220. The lowest BCUT2D eigenvalue weighted by molar-refractivity contribution is -0.125. The standard InChI is InChI=1S/C12H25N3O/c1-15(2)10-9-14-12(11(13)16)7-5-3-4-6-8-12/h14H,3-10H2,1-2H3,(H2,13,16). The molecule has 1 aliphatic rings. The molecule has 0 aromatic heterocycles. The van der Waals surface area contributed by atoms with E-state index in [0.717, 1.165) is 38.8 Å². The van der Waals surface area contributed by atoms with Gasteiger partial charge in [-0.05, 0) is 26.9 Å². The summed E-state index contributed by atoms with van der Waals surface area (Å²) in [6, 6.07) is 0. The molecule has 0 bridgehead atoms. The van der Waals surface area contributed by atoms with E-state index < -0.39 is 5.54 Å². The molecule has 1 fully saturated rings. The second-order valence-electron chi connectivity index (χ2n) is 5.09. The summed E-state index contributed by atoms with van der Waals surface area (Å²) in [4.78, 5) is 13.8. The Kier molecular flexibility index (Phi) is 5.22. The number of carbonyl (C=O) groups excluding carboxylic acids is 1. The van der Waals surface area contributed by atoms with Crippen LogP contribution in [0.2, 0.25) is 0 Å². The van der Waals surface area contributed by atoms with Crippen LogP contribution in [0.3, 0.4) is 0 Å². The molecule has 1 rings (SSSR count). The lowest BCUT2D eigenvalue weighted by Gasteiger charge is -2.31. The van der Waals surface area contributed by atoms with E-state index in [1.165, 1.54) is 12.8 Å². The maximum Gasteiger partial charge on any atom is 0.237 e. The molecular formula is C12H25N3O. The summed E-state index contributed by atoms with van der Waals surface area (Å²) in [6.07, 6.45) is 6.47. The van der Waals surface area contributed by atoms with Gasteiger partial charge in [-0.2, -0.15) is 0 Å². The van der Waals surface area contributed by atoms with E-state index in [9.17, 15) is 4.79 Å². The van der Waals surface area contributed by atoms with Crippen molar-refractivity contribution in [2.24, 2.45) is 5.73 Å². The number of hydrogen-bond donors (Lipinski definition) is 2. The van der Waals surface area contributed by atoms with Gasteiger partial charge in [-0.15, -0.1) is 0 Å². The molecule has 4 nitrogen and oxygen atoms in total. The van der Waals surface area contributed by atoms with Gasteiger partial charge in [0.2, 0.25) is 5.91 Å². The number of nitrogens with two attached hydrogens (primary N) is 1. The first kappa shape index (κ1) is 13.5. The van der Waals surface area contributed by atoms with Gasteiger partial charge in [0.1, 0.15) is 0 Å². The highest BCUT2D eigenvalue weighted by molar-refractivity contribution is 5.84. The smallest absolute Gasteiger partial charge is 0.237 e. The Morgan fingerprint density at radius 2 is 1.81 bits per heavy atom. The largest absolute Gasteiger partial charge is 0.368 e. The number of carbonyl (C=O) groups is 1. The van der Waals surface area contributed by atoms with Crippen molar-refractivity contribution in [1.29, 1.82) is 0 Å². The van der Waals surface area contributed by atoms with E-state index in [-0.39, 0.29) is 5.91 Å². The highest BCUT2D eigenvalue weighted by atomic mass is 16.1. The monoisotopic (exact) mass is 227 g/mol. The molecule has 3 N–H and O–H groups in total. The molecule has 4 heteroatoms. The van der Waals surface area contributed by atoms with Crippen molar-refractivity contribution in [1.82, 2.24) is 10.2 Å². The summed E-state index contributed by atoms with van der Waals surface area (Å²) in [5.74, 6) is -0.173. The molecule has 1 amide bonds. The molecule has 94 valence electrons. The van der Waals surface area contributed by atoms with Gasteiger partial charge in [0, 0.05) is 13.1 Å². The summed E-state index contributed by atoms with van der Waals surface area (Å²) in [5.41, 5.74) is 5.14. The number of amides is 1. The van der Waals surface area contributed by atoms with Crippen LogP contribution in [0, 0.1) is 0 Å². The predicted molar refractivity (Wildman–Crippen MR) is 66.2 cm³/mol. The lowest BCUT2D eigenvalue weighted by atomic mass is 9.89. The number of primary amides is 1. The van der Waals surface area contributed by atoms with Gasteiger partial charge in [-0.1, -0.05) is 25.7 Å². The molecule has 16 heavy (non-hydrogen) atoms. The van der Waals surface area contributed by atoms with Crippen molar-refractivity contribution in [3.63, 3.8) is 0 Å². The molecule has 1 aliphatic carbocycles. The van der Waals surface area contributed by atoms with Crippen LogP contribution in [-0.2, 0) is 4.79 Å². The van der Waals surface area contributed by atoms with Crippen molar-refractivity contribution in [3.05, 3.63) is 0 Å². The van der Waals surface area contributed by atoms with Crippen molar-refractivity contribution < 1.29 is 4.79 Å². The molecule has 0 radical (unpaired) electrons. The second kappa shape index (κ2) is 6.21. The number of hydrogen-bond acceptors (Lipinski definition) is 3. The van der Waals surface area contributed by atoms with Crippen molar-refractivity contribution >= 4 is 5.91 Å². The second-order valence-corrected chi connectivity index (χ2v) is 5.09. The Balaban J connectivity index is 2.53. The summed E-state index contributed by atoms with van der Waals surface area (Å²) < 4.78 is 0. The quantitative estimate of drug-likeness (QED) is 0.680. The van der Waals surface area contributed by atoms with Gasteiger partial charge in [-0.3, -0.25) is 4.79 Å². The van der Waals surface area contributed by atoms with Gasteiger partial charge >= 0.3 is 0 Å². The van der Waals surface area contributed by atoms with Crippen LogP contribution < -0.4 is 11.1 Å². The molecule has 0 aliphatic heterocycles. The van der Waals surface area contributed by atoms with E-state index in [2.05, 4.69) is 10.2 Å². The van der Waals surface area contributed by atoms with Gasteiger partial charge < -0.3 is 16.0 Å². The van der Waals surface area contributed by atoms with Crippen LogP contribution >= 0.6 is 0 Å². The summed E-state index contributed by atoms with van der Waals surface area (Å²) in [5, 5.41) is 3.39. The van der Waals surface area contributed by atoms with E-state index in [1.807, 2.05) is 14.1 Å². The SMILES string of the molecule is CN(C)CCNC1(C(N)=O)CCCCCC1. The average Bonchev–Trinajstić information content (AvgIpc) is 2.43. The molecule has 0 spiro atoms. The Morgan fingerprint density at radius 3 is 2.25 bits per heavy atom. The van der Waals surface area contributed by atoms with E-state index in [4.69, 9.17) is 5.73 Å². The van der Waals surface area contributed by atoms with Crippen LogP contribution in [0.15, 0.2) is 0 Å². The predicted octanol–water partition coefficient (Wildman–Crippen LogP) is 0.716. The van der Waals surface area contributed by atoms with Crippen LogP contribution in [0.1, 0.15) is 38.5 Å². The summed E-state index contributed by atoms with van der Waals surface area (Å²) in [6.45, 7) is 1.77. The molecule has 0 unspecified atom stereocenters. The normalized spacial score (nSPS) is 20.7. The molecule has 0 aromatic rings. The first-order valence-electron chi connectivity index (χ1n) is 6.26. The highest BCUT2D eigenvalue weighted by Crippen LogP contribution is 2.26. The number of nitrogens with zero attached hydrogens (tertiary/aromatic N) is 1. The molecule has 0 aromatic carbocycles. The van der Waals surface area contributed by atoms with Crippen molar-refractivity contribution in [3.8, 4) is 0 Å². The van der Waals surface area contributed by atoms with Crippen molar-refractivity contribution in [2.45, 2.75) is 44.1 Å². The van der Waals surface area contributed by atoms with Crippen LogP contribution in [0.4, 0.5) is 0 Å². The van der Waals surface area contributed by atoms with E-state index in [1.54, 1.807) is 0 Å². The fourth-order valence-corrected chi connectivity index (χ4v) is 2.36. The zero-order valence-electron chi connectivity index (χ0n) is 10.6. The number of rotatable bonds is 5. The topological polar surface area (TPSA) is 58.4 Å². The maximum absolute atomic E-state index is 11.7. The first-order valence-corrected chi connectivity index (χ1v) is 6.26. The minimum absolute atomic E-state index is 0.173. The van der Waals surface area contributed by atoms with Gasteiger partial charge in [0.15, 0.2) is 0 Å². The zero-order valence-corrected chi connectivity index (χ0v) is 10.6. The molecule has 0 atom stereocenters. The maximum atomic E-state index is 11.7. The number of likely N-dealkylation sites (N-methyl/N-ethyl adjacent to an activating group) is 1. The van der Waals surface area contributed by atoms with Gasteiger partial charge in [0.05, 0.1) is 5.54 Å². The van der Waals surface area contributed by atoms with Crippen molar-refractivity contribution in [2.75, 3.05) is 27.2 Å². The molecule has 0 saturated heterocycles. The minimum Gasteiger partial charge on any atom is -0.368 e. The van der Waals surface area contributed by atoms with Crippen LogP contribution in [0.5, 0.6) is 0 Å². The molecule has 1 saturated carbocycles. The fraction of sp³-hybridized carbons (Fsp3) is 0.917.